The third-order valence-corrected chi connectivity index (χ3v) is 3.13. The molecular weight excluding hydrogens is 262 g/mol. The van der Waals surface area contributed by atoms with Crippen LogP contribution in [-0.4, -0.2) is 51.5 Å². The SMILES string of the molecule is CC1(OCC(=O)O)CN(Cc2nnc(C(C)(C)C)o2)C1. The Morgan fingerprint density at radius 3 is 2.60 bits per heavy atom. The quantitative estimate of drug-likeness (QED) is 0.863. The van der Waals surface area contributed by atoms with E-state index >= 15 is 0 Å². The van der Waals surface area contributed by atoms with Gasteiger partial charge < -0.3 is 14.3 Å². The van der Waals surface area contributed by atoms with Crippen molar-refractivity contribution in [2.75, 3.05) is 19.7 Å². The van der Waals surface area contributed by atoms with E-state index in [1.54, 1.807) is 0 Å². The molecule has 1 N–H and O–H groups in total. The van der Waals surface area contributed by atoms with Crippen LogP contribution in [0, 0.1) is 0 Å². The smallest absolute Gasteiger partial charge is 0.329 e. The van der Waals surface area contributed by atoms with Crippen molar-refractivity contribution in [1.82, 2.24) is 15.1 Å². The number of aromatic nitrogens is 2. The normalized spacial score (nSPS) is 18.8. The molecule has 1 fully saturated rings. The van der Waals surface area contributed by atoms with Crippen LogP contribution in [0.5, 0.6) is 0 Å². The molecule has 7 nitrogen and oxygen atoms in total. The summed E-state index contributed by atoms with van der Waals surface area (Å²) in [5, 5.41) is 16.7. The molecule has 1 aliphatic heterocycles. The number of likely N-dealkylation sites (tertiary alicyclic amines) is 1. The Bertz CT molecular complexity index is 486. The molecule has 2 heterocycles. The van der Waals surface area contributed by atoms with Crippen LogP contribution in [0.15, 0.2) is 4.42 Å². The Hall–Kier alpha value is -1.47. The molecule has 1 saturated heterocycles. The maximum absolute atomic E-state index is 10.5. The number of aliphatic carboxylic acids is 1. The van der Waals surface area contributed by atoms with Gasteiger partial charge in [0.15, 0.2) is 0 Å². The van der Waals surface area contributed by atoms with Crippen molar-refractivity contribution >= 4 is 5.97 Å². The summed E-state index contributed by atoms with van der Waals surface area (Å²) in [5.41, 5.74) is -0.551. The van der Waals surface area contributed by atoms with E-state index in [9.17, 15) is 4.79 Å². The highest BCUT2D eigenvalue weighted by Crippen LogP contribution is 2.27. The van der Waals surface area contributed by atoms with Gasteiger partial charge >= 0.3 is 5.97 Å². The largest absolute Gasteiger partial charge is 0.480 e. The van der Waals surface area contributed by atoms with Gasteiger partial charge in [0.2, 0.25) is 11.8 Å². The minimum atomic E-state index is -0.948. The van der Waals surface area contributed by atoms with E-state index in [2.05, 4.69) is 15.1 Å². The molecule has 0 bridgehead atoms. The lowest BCUT2D eigenvalue weighted by Crippen LogP contribution is -2.61. The predicted molar refractivity (Wildman–Crippen MR) is 70.3 cm³/mol. The molecule has 0 amide bonds. The Kier molecular flexibility index (Phi) is 3.84. The maximum Gasteiger partial charge on any atom is 0.329 e. The number of carboxylic acid groups (broad SMARTS) is 1. The molecule has 0 spiro atoms. The summed E-state index contributed by atoms with van der Waals surface area (Å²) < 4.78 is 11.0. The van der Waals surface area contributed by atoms with Crippen molar-refractivity contribution in [2.45, 2.75) is 45.3 Å². The van der Waals surface area contributed by atoms with Gasteiger partial charge in [-0.1, -0.05) is 20.8 Å². The van der Waals surface area contributed by atoms with Gasteiger partial charge in [-0.25, -0.2) is 4.79 Å². The highest BCUT2D eigenvalue weighted by Gasteiger charge is 2.40. The number of hydrogen-bond acceptors (Lipinski definition) is 6. The predicted octanol–water partition coefficient (Wildman–Crippen LogP) is 1.04. The van der Waals surface area contributed by atoms with Crippen LogP contribution in [0.2, 0.25) is 0 Å². The van der Waals surface area contributed by atoms with Crippen LogP contribution in [0.25, 0.3) is 0 Å². The summed E-state index contributed by atoms with van der Waals surface area (Å²) in [4.78, 5) is 12.6. The molecule has 1 aromatic heterocycles. The van der Waals surface area contributed by atoms with Crippen molar-refractivity contribution in [3.8, 4) is 0 Å². The zero-order chi connectivity index (χ0) is 15.0. The zero-order valence-corrected chi connectivity index (χ0v) is 12.3. The van der Waals surface area contributed by atoms with Crippen molar-refractivity contribution < 1.29 is 19.1 Å². The maximum atomic E-state index is 10.5. The van der Waals surface area contributed by atoms with Crippen LogP contribution in [0.4, 0.5) is 0 Å². The second-order valence-corrected chi connectivity index (χ2v) is 6.53. The molecule has 20 heavy (non-hydrogen) atoms. The fourth-order valence-electron chi connectivity index (χ4n) is 2.15. The lowest BCUT2D eigenvalue weighted by molar-refractivity contribution is -0.166. The first kappa shape index (κ1) is 14.9. The number of carboxylic acids is 1. The van der Waals surface area contributed by atoms with Crippen molar-refractivity contribution in [3.63, 3.8) is 0 Å². The summed E-state index contributed by atoms with van der Waals surface area (Å²) in [6.07, 6.45) is 0. The second kappa shape index (κ2) is 5.14. The minimum absolute atomic E-state index is 0.153. The monoisotopic (exact) mass is 283 g/mol. The molecule has 0 radical (unpaired) electrons. The highest BCUT2D eigenvalue weighted by atomic mass is 16.5. The summed E-state index contributed by atoms with van der Waals surface area (Å²) in [5.74, 6) is 0.254. The first-order valence-electron chi connectivity index (χ1n) is 6.59. The third kappa shape index (κ3) is 3.55. The molecule has 1 aromatic rings. The summed E-state index contributed by atoms with van der Waals surface area (Å²) in [6, 6.07) is 0. The van der Waals surface area contributed by atoms with E-state index in [0.29, 0.717) is 31.4 Å². The number of nitrogens with zero attached hydrogens (tertiary/aromatic N) is 3. The summed E-state index contributed by atoms with van der Waals surface area (Å²) in [7, 11) is 0. The Balaban J connectivity index is 1.82. The number of hydrogen-bond donors (Lipinski definition) is 1. The average Bonchev–Trinajstić information content (AvgIpc) is 2.72. The van der Waals surface area contributed by atoms with Crippen LogP contribution < -0.4 is 0 Å². The lowest BCUT2D eigenvalue weighted by Gasteiger charge is -2.46. The molecule has 1 aliphatic rings. The Morgan fingerprint density at radius 1 is 1.45 bits per heavy atom. The number of ether oxygens (including phenoxy) is 1. The van der Waals surface area contributed by atoms with Gasteiger partial charge in [-0.3, -0.25) is 4.90 Å². The Morgan fingerprint density at radius 2 is 2.10 bits per heavy atom. The van der Waals surface area contributed by atoms with Crippen LogP contribution in [0.1, 0.15) is 39.5 Å². The lowest BCUT2D eigenvalue weighted by atomic mass is 9.96. The molecule has 7 heteroatoms. The van der Waals surface area contributed by atoms with Gasteiger partial charge in [0.25, 0.3) is 0 Å². The molecule has 0 atom stereocenters. The zero-order valence-electron chi connectivity index (χ0n) is 12.3. The van der Waals surface area contributed by atoms with Crippen molar-refractivity contribution in [2.24, 2.45) is 0 Å². The second-order valence-electron chi connectivity index (χ2n) is 6.53. The van der Waals surface area contributed by atoms with Gasteiger partial charge in [0.05, 0.1) is 12.1 Å². The topological polar surface area (TPSA) is 88.7 Å². The average molecular weight is 283 g/mol. The molecule has 0 saturated carbocycles. The van der Waals surface area contributed by atoms with E-state index in [1.807, 2.05) is 27.7 Å². The molecule has 0 aliphatic carbocycles. The number of rotatable bonds is 5. The van der Waals surface area contributed by atoms with E-state index in [0.717, 1.165) is 0 Å². The molecule has 0 aromatic carbocycles. The van der Waals surface area contributed by atoms with E-state index in [4.69, 9.17) is 14.3 Å². The third-order valence-electron chi connectivity index (χ3n) is 3.13. The van der Waals surface area contributed by atoms with Gasteiger partial charge in [-0.2, -0.15) is 0 Å². The summed E-state index contributed by atoms with van der Waals surface area (Å²) >= 11 is 0. The van der Waals surface area contributed by atoms with Crippen LogP contribution >= 0.6 is 0 Å². The Labute approximate surface area is 117 Å². The van der Waals surface area contributed by atoms with Crippen molar-refractivity contribution in [1.29, 1.82) is 0 Å². The fraction of sp³-hybridized carbons (Fsp3) is 0.769. The van der Waals surface area contributed by atoms with Crippen LogP contribution in [0.3, 0.4) is 0 Å². The van der Waals surface area contributed by atoms with E-state index in [-0.39, 0.29) is 12.0 Å². The molecule has 0 unspecified atom stereocenters. The van der Waals surface area contributed by atoms with Gasteiger partial charge in [0, 0.05) is 18.5 Å². The first-order valence-corrected chi connectivity index (χ1v) is 6.59. The standard InChI is InChI=1S/C13H21N3O4/c1-12(2,3)11-15-14-9(20-11)5-16-7-13(4,8-16)19-6-10(17)18/h5-8H2,1-4H3,(H,17,18). The van der Waals surface area contributed by atoms with Crippen molar-refractivity contribution in [3.05, 3.63) is 11.8 Å². The molecule has 112 valence electrons. The van der Waals surface area contributed by atoms with Gasteiger partial charge in [0.1, 0.15) is 6.61 Å². The minimum Gasteiger partial charge on any atom is -0.480 e. The molecule has 2 rings (SSSR count). The number of carbonyl (C=O) groups is 1. The van der Waals surface area contributed by atoms with Crippen LogP contribution in [-0.2, 0) is 21.5 Å². The fourth-order valence-corrected chi connectivity index (χ4v) is 2.15. The van der Waals surface area contributed by atoms with E-state index in [1.165, 1.54) is 0 Å². The molecular formula is C13H21N3O4. The summed E-state index contributed by atoms with van der Waals surface area (Å²) in [6.45, 7) is 9.58. The van der Waals surface area contributed by atoms with Gasteiger partial charge in [-0.15, -0.1) is 10.2 Å². The van der Waals surface area contributed by atoms with E-state index < -0.39 is 11.6 Å². The first-order chi connectivity index (χ1) is 9.18. The highest BCUT2D eigenvalue weighted by molar-refractivity contribution is 5.68. The van der Waals surface area contributed by atoms with Gasteiger partial charge in [-0.05, 0) is 6.92 Å².